The Hall–Kier alpha value is -2.21. The van der Waals surface area contributed by atoms with Gasteiger partial charge >= 0.3 is 5.97 Å². The van der Waals surface area contributed by atoms with E-state index in [2.05, 4.69) is 0 Å². The third-order valence-corrected chi connectivity index (χ3v) is 4.90. The van der Waals surface area contributed by atoms with Crippen molar-refractivity contribution in [3.8, 4) is 0 Å². The average Bonchev–Trinajstić information content (AvgIpc) is 2.77. The quantitative estimate of drug-likeness (QED) is 0.798. The summed E-state index contributed by atoms with van der Waals surface area (Å²) in [5, 5.41) is 0. The predicted molar refractivity (Wildman–Crippen MR) is 68.2 cm³/mol. The van der Waals surface area contributed by atoms with Crippen molar-refractivity contribution in [2.75, 3.05) is 0 Å². The van der Waals surface area contributed by atoms with Gasteiger partial charge in [-0.15, -0.1) is 0 Å². The fraction of sp³-hybridized carbons (Fsp3) is 0.0714. The van der Waals surface area contributed by atoms with Crippen LogP contribution in [0.2, 0.25) is 0 Å². The predicted octanol–water partition coefficient (Wildman–Crippen LogP) is 2.47. The van der Waals surface area contributed by atoms with Gasteiger partial charge in [-0.25, -0.2) is 17.6 Å². The SMILES string of the molecule is O=C1OC(S(=O)(=O)c2ccccc2)c2ccc(F)cc21. The van der Waals surface area contributed by atoms with Gasteiger partial charge in [0.1, 0.15) is 5.82 Å². The first-order chi connectivity index (χ1) is 9.50. The highest BCUT2D eigenvalue weighted by atomic mass is 32.2. The molecule has 1 heterocycles. The Bertz CT molecular complexity index is 784. The van der Waals surface area contributed by atoms with E-state index in [1.54, 1.807) is 18.2 Å². The standard InChI is InChI=1S/C14H9FO4S/c15-9-6-7-11-12(8-9)13(16)19-14(11)20(17,18)10-4-2-1-3-5-10/h1-8,14H. The van der Waals surface area contributed by atoms with Crippen LogP contribution < -0.4 is 0 Å². The lowest BCUT2D eigenvalue weighted by Crippen LogP contribution is -2.13. The van der Waals surface area contributed by atoms with Crippen molar-refractivity contribution < 1.29 is 22.3 Å². The Morgan fingerprint density at radius 1 is 1.05 bits per heavy atom. The average molecular weight is 292 g/mol. The number of benzene rings is 2. The molecule has 102 valence electrons. The van der Waals surface area contributed by atoms with Gasteiger partial charge in [-0.3, -0.25) is 0 Å². The van der Waals surface area contributed by atoms with E-state index in [1.165, 1.54) is 18.2 Å². The molecule has 1 aliphatic rings. The first-order valence-electron chi connectivity index (χ1n) is 5.79. The number of carbonyl (C=O) groups excluding carboxylic acids is 1. The zero-order valence-electron chi connectivity index (χ0n) is 10.1. The summed E-state index contributed by atoms with van der Waals surface area (Å²) in [6, 6.07) is 11.0. The number of fused-ring (bicyclic) bond motifs is 1. The summed E-state index contributed by atoms with van der Waals surface area (Å²) < 4.78 is 43.0. The van der Waals surface area contributed by atoms with Gasteiger partial charge in [0.15, 0.2) is 0 Å². The van der Waals surface area contributed by atoms with Crippen LogP contribution in [-0.2, 0) is 14.6 Å². The number of sulfone groups is 1. The number of halogens is 1. The molecule has 1 aliphatic heterocycles. The van der Waals surface area contributed by atoms with Crippen molar-refractivity contribution in [1.82, 2.24) is 0 Å². The third kappa shape index (κ3) is 1.89. The minimum absolute atomic E-state index is 0.0468. The van der Waals surface area contributed by atoms with Gasteiger partial charge in [0, 0.05) is 5.56 Å². The first-order valence-corrected chi connectivity index (χ1v) is 7.34. The first kappa shape index (κ1) is 12.8. The Morgan fingerprint density at radius 3 is 2.45 bits per heavy atom. The normalized spacial score (nSPS) is 17.6. The van der Waals surface area contributed by atoms with Crippen molar-refractivity contribution in [3.05, 3.63) is 65.5 Å². The molecule has 0 aliphatic carbocycles. The Morgan fingerprint density at radius 2 is 1.75 bits per heavy atom. The maximum Gasteiger partial charge on any atom is 0.340 e. The van der Waals surface area contributed by atoms with Gasteiger partial charge in [-0.1, -0.05) is 24.3 Å². The van der Waals surface area contributed by atoms with E-state index < -0.39 is 27.1 Å². The van der Waals surface area contributed by atoms with E-state index in [4.69, 9.17) is 4.74 Å². The zero-order chi connectivity index (χ0) is 14.3. The second kappa shape index (κ2) is 4.42. The highest BCUT2D eigenvalue weighted by Gasteiger charge is 2.41. The summed E-state index contributed by atoms with van der Waals surface area (Å²) in [5.41, 5.74) is -1.30. The molecule has 0 radical (unpaired) electrons. The maximum absolute atomic E-state index is 13.1. The second-order valence-electron chi connectivity index (χ2n) is 4.33. The number of hydrogen-bond donors (Lipinski definition) is 0. The maximum atomic E-state index is 13.1. The lowest BCUT2D eigenvalue weighted by molar-refractivity contribution is 0.0508. The van der Waals surface area contributed by atoms with Crippen molar-refractivity contribution in [2.24, 2.45) is 0 Å². The Balaban J connectivity index is 2.13. The minimum Gasteiger partial charge on any atom is -0.437 e. The lowest BCUT2D eigenvalue weighted by atomic mass is 10.1. The zero-order valence-corrected chi connectivity index (χ0v) is 10.9. The van der Waals surface area contributed by atoms with Crippen LogP contribution in [0.25, 0.3) is 0 Å². The smallest absolute Gasteiger partial charge is 0.340 e. The number of carbonyl (C=O) groups is 1. The number of ether oxygens (including phenoxy) is 1. The molecule has 0 aromatic heterocycles. The molecular formula is C14H9FO4S. The van der Waals surface area contributed by atoms with E-state index >= 15 is 0 Å². The summed E-state index contributed by atoms with van der Waals surface area (Å²) in [4.78, 5) is 11.7. The lowest BCUT2D eigenvalue weighted by Gasteiger charge is -2.12. The third-order valence-electron chi connectivity index (χ3n) is 3.06. The van der Waals surface area contributed by atoms with Crippen LogP contribution in [0.15, 0.2) is 53.4 Å². The summed E-state index contributed by atoms with van der Waals surface area (Å²) in [6.45, 7) is 0. The number of rotatable bonds is 2. The molecule has 0 saturated carbocycles. The van der Waals surface area contributed by atoms with Gasteiger partial charge in [-0.2, -0.15) is 0 Å². The molecule has 0 saturated heterocycles. The van der Waals surface area contributed by atoms with E-state index in [0.29, 0.717) is 0 Å². The Labute approximate surface area is 114 Å². The number of cyclic esters (lactones) is 1. The van der Waals surface area contributed by atoms with Crippen molar-refractivity contribution >= 4 is 15.8 Å². The second-order valence-corrected chi connectivity index (χ2v) is 6.32. The monoisotopic (exact) mass is 292 g/mol. The molecule has 3 rings (SSSR count). The van der Waals surface area contributed by atoms with Crippen LogP contribution >= 0.6 is 0 Å². The summed E-state index contributed by atoms with van der Waals surface area (Å²) in [7, 11) is -3.86. The van der Waals surface area contributed by atoms with Crippen LogP contribution in [0.5, 0.6) is 0 Å². The molecule has 0 N–H and O–H groups in total. The number of hydrogen-bond acceptors (Lipinski definition) is 4. The van der Waals surface area contributed by atoms with Gasteiger partial charge in [0.2, 0.25) is 15.3 Å². The fourth-order valence-corrected chi connectivity index (χ4v) is 3.64. The largest absolute Gasteiger partial charge is 0.437 e. The van der Waals surface area contributed by atoms with Crippen molar-refractivity contribution in [3.63, 3.8) is 0 Å². The Kier molecular flexibility index (Phi) is 2.83. The number of esters is 1. The molecule has 6 heteroatoms. The molecule has 2 aromatic rings. The van der Waals surface area contributed by atoms with Crippen LogP contribution in [0.4, 0.5) is 4.39 Å². The van der Waals surface area contributed by atoms with Gasteiger partial charge in [0.05, 0.1) is 10.5 Å². The molecule has 2 aromatic carbocycles. The van der Waals surface area contributed by atoms with E-state index in [1.807, 2.05) is 0 Å². The molecular weight excluding hydrogens is 283 g/mol. The summed E-state index contributed by atoms with van der Waals surface area (Å²) >= 11 is 0. The molecule has 0 spiro atoms. The van der Waals surface area contributed by atoms with Crippen LogP contribution in [0.3, 0.4) is 0 Å². The van der Waals surface area contributed by atoms with Gasteiger partial charge in [0.25, 0.3) is 0 Å². The van der Waals surface area contributed by atoms with Crippen LogP contribution in [0.1, 0.15) is 21.4 Å². The molecule has 0 fully saturated rings. The molecule has 1 unspecified atom stereocenters. The van der Waals surface area contributed by atoms with Crippen LogP contribution in [0, 0.1) is 5.82 Å². The molecule has 4 nitrogen and oxygen atoms in total. The van der Waals surface area contributed by atoms with Gasteiger partial charge < -0.3 is 4.74 Å². The van der Waals surface area contributed by atoms with Gasteiger partial charge in [-0.05, 0) is 24.3 Å². The van der Waals surface area contributed by atoms with Crippen molar-refractivity contribution in [2.45, 2.75) is 10.3 Å². The molecule has 0 amide bonds. The van der Waals surface area contributed by atoms with E-state index in [9.17, 15) is 17.6 Å². The summed E-state index contributed by atoms with van der Waals surface area (Å²) in [5.74, 6) is -1.44. The van der Waals surface area contributed by atoms with E-state index in [-0.39, 0.29) is 16.0 Å². The minimum atomic E-state index is -3.86. The highest BCUT2D eigenvalue weighted by Crippen LogP contribution is 2.38. The van der Waals surface area contributed by atoms with E-state index in [0.717, 1.165) is 12.1 Å². The fourth-order valence-electron chi connectivity index (χ4n) is 2.10. The molecule has 0 bridgehead atoms. The molecule has 20 heavy (non-hydrogen) atoms. The van der Waals surface area contributed by atoms with Crippen molar-refractivity contribution in [1.29, 1.82) is 0 Å². The highest BCUT2D eigenvalue weighted by molar-refractivity contribution is 7.91. The summed E-state index contributed by atoms with van der Waals surface area (Å²) in [6.07, 6.45) is 0. The topological polar surface area (TPSA) is 60.4 Å². The molecule has 1 atom stereocenters. The van der Waals surface area contributed by atoms with Crippen LogP contribution in [-0.4, -0.2) is 14.4 Å².